The monoisotopic (exact) mass is 649 g/mol. The first-order valence-corrected chi connectivity index (χ1v) is 15.8. The highest BCUT2D eigenvalue weighted by atomic mass is 32.2. The summed E-state index contributed by atoms with van der Waals surface area (Å²) in [5, 5.41) is 2.52. The predicted molar refractivity (Wildman–Crippen MR) is 161 cm³/mol. The van der Waals surface area contributed by atoms with Crippen LogP contribution >= 0.6 is 11.8 Å². The number of nitrogens with zero attached hydrogens (tertiary/aromatic N) is 1. The average molecular weight is 650 g/mol. The van der Waals surface area contributed by atoms with Crippen molar-refractivity contribution in [3.63, 3.8) is 0 Å². The van der Waals surface area contributed by atoms with Gasteiger partial charge in [-0.1, -0.05) is 55.3 Å². The van der Waals surface area contributed by atoms with E-state index < -0.39 is 78.7 Å². The van der Waals surface area contributed by atoms with Crippen LogP contribution in [0.5, 0.6) is 0 Å². The molecule has 2 aliphatic rings. The van der Waals surface area contributed by atoms with Crippen molar-refractivity contribution in [2.45, 2.75) is 56.9 Å². The summed E-state index contributed by atoms with van der Waals surface area (Å²) in [4.78, 5) is 56.8. The smallest absolute Gasteiger partial charge is 0.389 e. The van der Waals surface area contributed by atoms with Crippen LogP contribution in [0, 0.1) is 23.6 Å². The molecule has 4 atom stereocenters. The molecule has 0 spiro atoms. The van der Waals surface area contributed by atoms with Crippen molar-refractivity contribution >= 4 is 40.9 Å². The SMILES string of the molecule is COC(=O)[C@@H](N)CSCC(=O)[C@@H](CC1CC1)[C@@H](CCC(F)(F)F)C(=O)N[C@H]1N=C(c2ccccc2)c2cccc(F)c2CC1=O. The highest BCUT2D eigenvalue weighted by molar-refractivity contribution is 8.00. The predicted octanol–water partition coefficient (Wildman–Crippen LogP) is 4.41. The van der Waals surface area contributed by atoms with E-state index in [1.165, 1.54) is 19.2 Å². The van der Waals surface area contributed by atoms with E-state index in [4.69, 9.17) is 5.73 Å². The van der Waals surface area contributed by atoms with Crippen LogP contribution < -0.4 is 11.1 Å². The summed E-state index contributed by atoms with van der Waals surface area (Å²) in [7, 11) is 1.18. The van der Waals surface area contributed by atoms with Crippen LogP contribution in [0.1, 0.15) is 48.8 Å². The topological polar surface area (TPSA) is 128 Å². The number of nitrogens with one attached hydrogen (secondary N) is 1. The third kappa shape index (κ3) is 9.46. The van der Waals surface area contributed by atoms with Crippen LogP contribution in [0.2, 0.25) is 0 Å². The molecule has 3 N–H and O–H groups in total. The Bertz CT molecular complexity index is 1430. The molecule has 4 rings (SSSR count). The number of hydrogen-bond donors (Lipinski definition) is 2. The van der Waals surface area contributed by atoms with Crippen LogP contribution in [0.15, 0.2) is 53.5 Å². The molecule has 1 saturated carbocycles. The van der Waals surface area contributed by atoms with Gasteiger partial charge in [-0.15, -0.1) is 0 Å². The molecule has 1 heterocycles. The Balaban J connectivity index is 1.62. The molecule has 0 saturated heterocycles. The third-order valence-electron chi connectivity index (χ3n) is 7.92. The van der Waals surface area contributed by atoms with Crippen molar-refractivity contribution in [1.82, 2.24) is 5.32 Å². The number of aliphatic imine (C=N–C) groups is 1. The third-order valence-corrected chi connectivity index (χ3v) is 9.00. The minimum atomic E-state index is -4.59. The zero-order valence-corrected chi connectivity index (χ0v) is 25.5. The number of alkyl halides is 3. The van der Waals surface area contributed by atoms with Crippen molar-refractivity contribution in [3.8, 4) is 0 Å². The number of ether oxygens (including phenoxy) is 1. The molecule has 0 aromatic heterocycles. The summed E-state index contributed by atoms with van der Waals surface area (Å²) in [6, 6.07) is 12.0. The van der Waals surface area contributed by atoms with E-state index in [0.717, 1.165) is 24.6 Å². The summed E-state index contributed by atoms with van der Waals surface area (Å²) in [6.45, 7) is 0. The number of amides is 1. The Morgan fingerprint density at radius 2 is 1.80 bits per heavy atom. The lowest BCUT2D eigenvalue weighted by molar-refractivity contribution is -0.146. The number of Topliss-reactive ketones (excluding diaryl/α,β-unsaturated/α-hetero) is 2. The van der Waals surface area contributed by atoms with E-state index in [2.05, 4.69) is 15.0 Å². The second-order valence-corrected chi connectivity index (χ2v) is 12.4. The Labute approximate surface area is 262 Å². The molecule has 242 valence electrons. The van der Waals surface area contributed by atoms with Crippen molar-refractivity contribution in [2.24, 2.45) is 28.5 Å². The molecule has 0 radical (unpaired) electrons. The maximum Gasteiger partial charge on any atom is 0.389 e. The molecule has 45 heavy (non-hydrogen) atoms. The number of hydrogen-bond acceptors (Lipinski definition) is 8. The number of nitrogens with two attached hydrogens (primary N) is 1. The van der Waals surface area contributed by atoms with Crippen LogP contribution in [0.4, 0.5) is 17.6 Å². The zero-order valence-electron chi connectivity index (χ0n) is 24.6. The number of ketones is 2. The number of fused-ring (bicyclic) bond motifs is 1. The van der Waals surface area contributed by atoms with E-state index in [9.17, 15) is 36.7 Å². The first kappa shape index (κ1) is 34.3. The molecule has 1 aliphatic heterocycles. The second-order valence-electron chi connectivity index (χ2n) is 11.3. The fourth-order valence-corrected chi connectivity index (χ4v) is 6.29. The fourth-order valence-electron chi connectivity index (χ4n) is 5.36. The van der Waals surface area contributed by atoms with Gasteiger partial charge in [0.25, 0.3) is 0 Å². The molecular weight excluding hydrogens is 614 g/mol. The van der Waals surface area contributed by atoms with Crippen molar-refractivity contribution in [3.05, 3.63) is 71.0 Å². The Morgan fingerprint density at radius 1 is 1.09 bits per heavy atom. The number of carbonyl (C=O) groups excluding carboxylic acids is 4. The maximum atomic E-state index is 14.9. The maximum absolute atomic E-state index is 14.9. The first-order chi connectivity index (χ1) is 21.4. The van der Waals surface area contributed by atoms with E-state index in [1.54, 1.807) is 36.4 Å². The van der Waals surface area contributed by atoms with Crippen LogP contribution in [-0.4, -0.2) is 66.2 Å². The molecule has 1 fully saturated rings. The van der Waals surface area contributed by atoms with Crippen molar-refractivity contribution in [1.29, 1.82) is 0 Å². The molecule has 1 aliphatic carbocycles. The number of thioether (sulfide) groups is 1. The lowest BCUT2D eigenvalue weighted by atomic mass is 9.81. The van der Waals surface area contributed by atoms with E-state index in [-0.39, 0.29) is 35.1 Å². The summed E-state index contributed by atoms with van der Waals surface area (Å²) < 4.78 is 59.8. The Kier molecular flexibility index (Phi) is 11.5. The van der Waals surface area contributed by atoms with E-state index in [0.29, 0.717) is 11.1 Å². The fraction of sp³-hybridized carbons (Fsp3) is 0.469. The lowest BCUT2D eigenvalue weighted by Gasteiger charge is -2.27. The number of rotatable bonds is 14. The van der Waals surface area contributed by atoms with Gasteiger partial charge in [-0.3, -0.25) is 24.2 Å². The highest BCUT2D eigenvalue weighted by Gasteiger charge is 2.41. The summed E-state index contributed by atoms with van der Waals surface area (Å²) in [6.07, 6.45) is -6.71. The number of methoxy groups -OCH3 is 1. The largest absolute Gasteiger partial charge is 0.468 e. The zero-order chi connectivity index (χ0) is 32.7. The Hall–Kier alpha value is -3.58. The molecule has 2 aromatic rings. The van der Waals surface area contributed by atoms with Gasteiger partial charge in [-0.25, -0.2) is 4.39 Å². The molecule has 8 nitrogen and oxygen atoms in total. The molecule has 13 heteroatoms. The first-order valence-electron chi connectivity index (χ1n) is 14.6. The molecular formula is C32H35F4N3O5S. The minimum Gasteiger partial charge on any atom is -0.468 e. The highest BCUT2D eigenvalue weighted by Crippen LogP contribution is 2.40. The van der Waals surface area contributed by atoms with Crippen LogP contribution in [0.3, 0.4) is 0 Å². The number of halogens is 4. The lowest BCUT2D eigenvalue weighted by Crippen LogP contribution is -2.46. The Morgan fingerprint density at radius 3 is 2.44 bits per heavy atom. The van der Waals surface area contributed by atoms with Crippen molar-refractivity contribution in [2.75, 3.05) is 18.6 Å². The number of benzene rings is 2. The van der Waals surface area contributed by atoms with Crippen LogP contribution in [0.25, 0.3) is 0 Å². The molecule has 2 aromatic carbocycles. The standard InChI is InChI=1S/C32H35F4N3O5S/c1-44-31(43)25(37)16-45-17-27(41)23(14-18-10-11-18)21(12-13-32(34,35)36)30(42)39-29-26(40)15-22-20(8-5-9-24(22)33)28(38-29)19-6-3-2-4-7-19/h2-9,18,21,23,25,29H,10-17,37H2,1H3,(H,39,42)/t21-,23+,25+,29-/m1/s1. The van der Waals surface area contributed by atoms with E-state index >= 15 is 0 Å². The van der Waals surface area contributed by atoms with Crippen molar-refractivity contribution < 1.29 is 41.5 Å². The normalized spacial score (nSPS) is 18.6. The summed E-state index contributed by atoms with van der Waals surface area (Å²) >= 11 is 1.03. The van der Waals surface area contributed by atoms with Gasteiger partial charge in [-0.2, -0.15) is 24.9 Å². The van der Waals surface area contributed by atoms with E-state index in [1.807, 2.05) is 0 Å². The number of carbonyl (C=O) groups is 4. The van der Waals surface area contributed by atoms with Gasteiger partial charge in [0.1, 0.15) is 17.6 Å². The van der Waals surface area contributed by atoms with Gasteiger partial charge >= 0.3 is 12.1 Å². The average Bonchev–Trinajstić information content (AvgIpc) is 3.84. The van der Waals surface area contributed by atoms with Gasteiger partial charge in [0.05, 0.1) is 18.6 Å². The summed E-state index contributed by atoms with van der Waals surface area (Å²) in [5.74, 6) is -5.80. The van der Waals surface area contributed by atoms with Gasteiger partial charge in [0.15, 0.2) is 11.9 Å². The molecule has 0 unspecified atom stereocenters. The second kappa shape index (κ2) is 15.1. The van der Waals surface area contributed by atoms with Gasteiger partial charge < -0.3 is 15.8 Å². The van der Waals surface area contributed by atoms with Gasteiger partial charge in [0, 0.05) is 47.1 Å². The quantitative estimate of drug-likeness (QED) is 0.229. The summed E-state index contributed by atoms with van der Waals surface area (Å²) in [5.41, 5.74) is 7.01. The minimum absolute atomic E-state index is 0.0403. The molecule has 1 amide bonds. The molecule has 0 bridgehead atoms. The number of esters is 1. The van der Waals surface area contributed by atoms with Gasteiger partial charge in [0.2, 0.25) is 5.91 Å². The van der Waals surface area contributed by atoms with Crippen LogP contribution in [-0.2, 0) is 30.3 Å². The van der Waals surface area contributed by atoms with Gasteiger partial charge in [-0.05, 0) is 24.8 Å².